The summed E-state index contributed by atoms with van der Waals surface area (Å²) in [6.45, 7) is -2.43. The minimum atomic E-state index is -2.91. The maximum absolute atomic E-state index is 12.7. The summed E-state index contributed by atoms with van der Waals surface area (Å²) in [5.74, 6) is -1.26. The molecule has 0 atom stereocenters. The van der Waals surface area contributed by atoms with Crippen LogP contribution in [0.4, 0.5) is 17.6 Å². The first-order valence-electron chi connectivity index (χ1n) is 8.34. The molecule has 0 unspecified atom stereocenters. The van der Waals surface area contributed by atoms with Gasteiger partial charge in [0.25, 0.3) is 11.8 Å². The van der Waals surface area contributed by atoms with E-state index in [9.17, 15) is 22.4 Å². The van der Waals surface area contributed by atoms with E-state index < -0.39 is 18.9 Å². The molecular formula is C18H12F4N4O3. The van der Waals surface area contributed by atoms with E-state index in [-0.39, 0.29) is 36.2 Å². The smallest absolute Gasteiger partial charge is 0.387 e. The molecule has 1 amide bonds. The maximum Gasteiger partial charge on any atom is 0.387 e. The molecule has 0 spiro atoms. The van der Waals surface area contributed by atoms with Crippen LogP contribution in [-0.2, 0) is 13.1 Å². The quantitative estimate of drug-likeness (QED) is 0.577. The summed E-state index contributed by atoms with van der Waals surface area (Å²) in [5.41, 5.74) is 1.79. The molecule has 2 aromatic heterocycles. The average molecular weight is 408 g/mol. The summed E-state index contributed by atoms with van der Waals surface area (Å²) in [4.78, 5) is 18.4. The van der Waals surface area contributed by atoms with Crippen molar-refractivity contribution >= 4 is 5.91 Å². The number of halogens is 4. The van der Waals surface area contributed by atoms with Crippen molar-refractivity contribution < 1.29 is 31.5 Å². The zero-order chi connectivity index (χ0) is 20.5. The molecule has 0 saturated carbocycles. The molecule has 0 aliphatic carbocycles. The van der Waals surface area contributed by atoms with Gasteiger partial charge in [-0.2, -0.15) is 17.6 Å². The second-order valence-electron chi connectivity index (χ2n) is 6.15. The van der Waals surface area contributed by atoms with Crippen molar-refractivity contribution in [2.75, 3.05) is 0 Å². The Bertz CT molecular complexity index is 1040. The zero-order valence-electron chi connectivity index (χ0n) is 14.6. The number of rotatable bonds is 6. The van der Waals surface area contributed by atoms with Crippen LogP contribution in [0.2, 0.25) is 0 Å². The number of carbonyl (C=O) groups excluding carboxylic acids is 1. The van der Waals surface area contributed by atoms with Gasteiger partial charge in [0, 0.05) is 12.7 Å². The number of amides is 1. The van der Waals surface area contributed by atoms with Crippen molar-refractivity contribution in [3.8, 4) is 17.2 Å². The van der Waals surface area contributed by atoms with E-state index in [0.29, 0.717) is 16.8 Å². The molecule has 0 bridgehead atoms. The van der Waals surface area contributed by atoms with Crippen LogP contribution in [0.5, 0.6) is 5.75 Å². The Hall–Kier alpha value is -3.50. The lowest BCUT2D eigenvalue weighted by molar-refractivity contribution is -0.0498. The Labute approximate surface area is 160 Å². The number of hydrogen-bond acceptors (Lipinski definition) is 6. The minimum Gasteiger partial charge on any atom is -0.435 e. The van der Waals surface area contributed by atoms with Gasteiger partial charge in [-0.05, 0) is 23.8 Å². The number of pyridine rings is 1. The molecule has 0 saturated heterocycles. The number of alkyl halides is 4. The Morgan fingerprint density at radius 1 is 1.14 bits per heavy atom. The lowest BCUT2D eigenvalue weighted by atomic mass is 10.1. The predicted molar refractivity (Wildman–Crippen MR) is 89.1 cm³/mol. The number of benzene rings is 1. The number of carbonyl (C=O) groups is 1. The summed E-state index contributed by atoms with van der Waals surface area (Å²) in [5, 5.41) is 6.80. The van der Waals surface area contributed by atoms with Crippen molar-refractivity contribution in [3.63, 3.8) is 0 Å². The van der Waals surface area contributed by atoms with Crippen molar-refractivity contribution in [2.45, 2.75) is 26.1 Å². The van der Waals surface area contributed by atoms with Gasteiger partial charge in [0.2, 0.25) is 5.89 Å². The molecule has 11 heteroatoms. The van der Waals surface area contributed by atoms with Gasteiger partial charge in [0.05, 0.1) is 23.4 Å². The third-order valence-electron chi connectivity index (χ3n) is 4.22. The predicted octanol–water partition coefficient (Wildman–Crippen LogP) is 3.83. The molecule has 1 aliphatic heterocycles. The van der Waals surface area contributed by atoms with Gasteiger partial charge in [0.15, 0.2) is 0 Å². The van der Waals surface area contributed by atoms with Gasteiger partial charge in [-0.3, -0.25) is 9.78 Å². The molecule has 0 radical (unpaired) electrons. The summed E-state index contributed by atoms with van der Waals surface area (Å²) >= 11 is 0. The molecule has 4 rings (SSSR count). The molecular weight excluding hydrogens is 396 g/mol. The molecule has 1 aliphatic rings. The lowest BCUT2D eigenvalue weighted by Crippen LogP contribution is -2.23. The van der Waals surface area contributed by atoms with Gasteiger partial charge in [-0.25, -0.2) is 0 Å². The number of nitrogens with zero attached hydrogens (tertiary/aromatic N) is 4. The largest absolute Gasteiger partial charge is 0.435 e. The topological polar surface area (TPSA) is 81.3 Å². The Morgan fingerprint density at radius 2 is 1.90 bits per heavy atom. The van der Waals surface area contributed by atoms with Crippen LogP contribution in [-0.4, -0.2) is 32.6 Å². The number of aromatic nitrogens is 3. The summed E-state index contributed by atoms with van der Waals surface area (Å²) in [7, 11) is 0. The lowest BCUT2D eigenvalue weighted by Gasteiger charge is -2.15. The first-order valence-corrected chi connectivity index (χ1v) is 8.34. The fourth-order valence-corrected chi connectivity index (χ4v) is 2.91. The maximum atomic E-state index is 12.7. The minimum absolute atomic E-state index is 0.0221. The van der Waals surface area contributed by atoms with Crippen molar-refractivity contribution in [1.82, 2.24) is 20.1 Å². The standard InChI is InChI=1S/C18H12F4N4O3/c19-14(20)16-25-24-15(29-16)10-5-12-13(23-6-10)8-26(17(12)27)7-9-1-3-11(4-2-9)28-18(21)22/h1-6,14,18H,7-8H2. The first kappa shape index (κ1) is 18.8. The number of hydrogen-bond donors (Lipinski definition) is 0. The fraction of sp³-hybridized carbons (Fsp3) is 0.222. The highest BCUT2D eigenvalue weighted by Crippen LogP contribution is 2.29. The van der Waals surface area contributed by atoms with Crippen molar-refractivity contribution in [3.05, 3.63) is 59.2 Å². The second kappa shape index (κ2) is 7.49. The highest BCUT2D eigenvalue weighted by Gasteiger charge is 2.30. The van der Waals surface area contributed by atoms with Crippen LogP contribution in [0.3, 0.4) is 0 Å². The zero-order valence-corrected chi connectivity index (χ0v) is 14.6. The molecule has 7 nitrogen and oxygen atoms in total. The fourth-order valence-electron chi connectivity index (χ4n) is 2.91. The number of fused-ring (bicyclic) bond motifs is 1. The molecule has 0 fully saturated rings. The third kappa shape index (κ3) is 3.89. The molecule has 1 aromatic carbocycles. The van der Waals surface area contributed by atoms with Crippen molar-refractivity contribution in [2.24, 2.45) is 0 Å². The second-order valence-corrected chi connectivity index (χ2v) is 6.15. The van der Waals surface area contributed by atoms with E-state index in [1.807, 2.05) is 0 Å². The van der Waals surface area contributed by atoms with E-state index in [2.05, 4.69) is 19.9 Å². The van der Waals surface area contributed by atoms with E-state index >= 15 is 0 Å². The van der Waals surface area contributed by atoms with Crippen LogP contribution in [0.25, 0.3) is 11.5 Å². The van der Waals surface area contributed by atoms with E-state index in [0.717, 1.165) is 0 Å². The SMILES string of the molecule is O=C1c2cc(-c3nnc(C(F)F)o3)cnc2CN1Cc1ccc(OC(F)F)cc1. The van der Waals surface area contributed by atoms with Gasteiger partial charge in [0.1, 0.15) is 5.75 Å². The Kier molecular flexibility index (Phi) is 4.87. The van der Waals surface area contributed by atoms with Gasteiger partial charge >= 0.3 is 13.0 Å². The summed E-state index contributed by atoms with van der Waals surface area (Å²) in [6, 6.07) is 7.41. The average Bonchev–Trinajstić information content (AvgIpc) is 3.29. The molecule has 3 heterocycles. The monoisotopic (exact) mass is 408 g/mol. The van der Waals surface area contributed by atoms with Gasteiger partial charge in [-0.15, -0.1) is 10.2 Å². The van der Waals surface area contributed by atoms with E-state index in [1.54, 1.807) is 12.1 Å². The third-order valence-corrected chi connectivity index (χ3v) is 4.22. The normalized spacial score (nSPS) is 13.4. The molecule has 0 N–H and O–H groups in total. The van der Waals surface area contributed by atoms with Crippen LogP contribution >= 0.6 is 0 Å². The molecule has 29 heavy (non-hydrogen) atoms. The summed E-state index contributed by atoms with van der Waals surface area (Å²) < 4.78 is 58.8. The van der Waals surface area contributed by atoms with Crippen LogP contribution < -0.4 is 4.74 Å². The van der Waals surface area contributed by atoms with Crippen molar-refractivity contribution in [1.29, 1.82) is 0 Å². The van der Waals surface area contributed by atoms with Crippen LogP contribution in [0.1, 0.15) is 33.9 Å². The molecule has 150 valence electrons. The highest BCUT2D eigenvalue weighted by atomic mass is 19.3. The summed E-state index contributed by atoms with van der Waals surface area (Å²) in [6.07, 6.45) is -1.53. The van der Waals surface area contributed by atoms with Crippen LogP contribution in [0.15, 0.2) is 40.9 Å². The van der Waals surface area contributed by atoms with Gasteiger partial charge < -0.3 is 14.1 Å². The Morgan fingerprint density at radius 3 is 2.55 bits per heavy atom. The number of ether oxygens (including phenoxy) is 1. The van der Waals surface area contributed by atoms with Gasteiger partial charge in [-0.1, -0.05) is 12.1 Å². The van der Waals surface area contributed by atoms with E-state index in [4.69, 9.17) is 4.42 Å². The van der Waals surface area contributed by atoms with Crippen LogP contribution in [0, 0.1) is 0 Å². The molecule has 3 aromatic rings. The van der Waals surface area contributed by atoms with E-state index in [1.165, 1.54) is 29.3 Å². The highest BCUT2D eigenvalue weighted by molar-refractivity contribution is 5.98. The first-order chi connectivity index (χ1) is 13.9. The Balaban J connectivity index is 1.49.